The van der Waals surface area contributed by atoms with Gasteiger partial charge in [0.1, 0.15) is 5.78 Å². The molecule has 0 unspecified atom stereocenters. The summed E-state index contributed by atoms with van der Waals surface area (Å²) in [6.45, 7) is 1.15. The van der Waals surface area contributed by atoms with Crippen molar-refractivity contribution >= 4 is 27.6 Å². The van der Waals surface area contributed by atoms with Crippen LogP contribution in [0.25, 0.3) is 0 Å². The fraction of sp³-hybridized carbons (Fsp3) is 0.385. The lowest BCUT2D eigenvalue weighted by Crippen LogP contribution is -2.39. The maximum Gasteiger partial charge on any atom is 0.227 e. The number of likely N-dealkylation sites (tertiary alicyclic amines) is 1. The Morgan fingerprint density at radius 2 is 2.00 bits per heavy atom. The smallest absolute Gasteiger partial charge is 0.227 e. The molecule has 90 valence electrons. The molecular weight excluding hydrogens is 282 g/mol. The molecule has 0 N–H and O–H groups in total. The van der Waals surface area contributed by atoms with Gasteiger partial charge in [0.05, 0.1) is 6.42 Å². The van der Waals surface area contributed by atoms with E-state index in [1.54, 1.807) is 4.90 Å². The molecule has 0 spiro atoms. The van der Waals surface area contributed by atoms with E-state index in [9.17, 15) is 9.59 Å². The van der Waals surface area contributed by atoms with Gasteiger partial charge in [-0.2, -0.15) is 0 Å². The lowest BCUT2D eigenvalue weighted by Gasteiger charge is -2.26. The van der Waals surface area contributed by atoms with Crippen molar-refractivity contribution in [2.75, 3.05) is 13.1 Å². The Morgan fingerprint density at radius 3 is 2.65 bits per heavy atom. The third-order valence-corrected chi connectivity index (χ3v) is 3.41. The van der Waals surface area contributed by atoms with Gasteiger partial charge >= 0.3 is 0 Å². The van der Waals surface area contributed by atoms with Gasteiger partial charge in [0.2, 0.25) is 5.91 Å². The Kier molecular flexibility index (Phi) is 3.94. The number of nitrogens with zero attached hydrogens (tertiary/aromatic N) is 1. The number of amides is 1. The predicted octanol–water partition coefficient (Wildman–Crippen LogP) is 2.18. The molecule has 0 saturated carbocycles. The zero-order valence-electron chi connectivity index (χ0n) is 9.49. The Morgan fingerprint density at radius 1 is 1.29 bits per heavy atom. The fourth-order valence-corrected chi connectivity index (χ4v) is 2.39. The number of piperidine rings is 1. The molecule has 1 aliphatic rings. The van der Waals surface area contributed by atoms with Gasteiger partial charge in [0, 0.05) is 30.4 Å². The Bertz CT molecular complexity index is 435. The molecule has 0 atom stereocenters. The fourth-order valence-electron chi connectivity index (χ4n) is 1.94. The van der Waals surface area contributed by atoms with Gasteiger partial charge in [-0.25, -0.2) is 0 Å². The first-order valence-corrected chi connectivity index (χ1v) is 6.48. The van der Waals surface area contributed by atoms with Crippen LogP contribution in [0.1, 0.15) is 18.4 Å². The van der Waals surface area contributed by atoms with Crippen LogP contribution in [0.2, 0.25) is 0 Å². The minimum Gasteiger partial charge on any atom is -0.342 e. The molecule has 0 bridgehead atoms. The predicted molar refractivity (Wildman–Crippen MR) is 68.7 cm³/mol. The molecule has 17 heavy (non-hydrogen) atoms. The highest BCUT2D eigenvalue weighted by Crippen LogP contribution is 2.14. The minimum atomic E-state index is 0.107. The summed E-state index contributed by atoms with van der Waals surface area (Å²) in [5.41, 5.74) is 1.00. The molecule has 1 aromatic rings. The lowest BCUT2D eigenvalue weighted by molar-refractivity contribution is -0.133. The minimum absolute atomic E-state index is 0.107. The summed E-state index contributed by atoms with van der Waals surface area (Å²) in [6, 6.07) is 7.75. The van der Waals surface area contributed by atoms with Crippen LogP contribution in [-0.2, 0) is 16.0 Å². The van der Waals surface area contributed by atoms with Gasteiger partial charge in [0.15, 0.2) is 0 Å². The van der Waals surface area contributed by atoms with E-state index in [-0.39, 0.29) is 11.7 Å². The molecule has 1 amide bonds. The molecule has 0 aromatic heterocycles. The normalized spacial score (nSPS) is 16.1. The molecule has 1 aromatic carbocycles. The summed E-state index contributed by atoms with van der Waals surface area (Å²) in [7, 11) is 0. The Labute approximate surface area is 109 Å². The van der Waals surface area contributed by atoms with Gasteiger partial charge in [-0.1, -0.05) is 28.1 Å². The van der Waals surface area contributed by atoms with Crippen molar-refractivity contribution in [2.45, 2.75) is 19.3 Å². The van der Waals surface area contributed by atoms with E-state index in [2.05, 4.69) is 15.9 Å². The van der Waals surface area contributed by atoms with Crippen molar-refractivity contribution < 1.29 is 9.59 Å². The van der Waals surface area contributed by atoms with Gasteiger partial charge in [0.25, 0.3) is 0 Å². The van der Waals surface area contributed by atoms with E-state index in [1.165, 1.54) is 0 Å². The van der Waals surface area contributed by atoms with E-state index in [1.807, 2.05) is 24.3 Å². The molecular formula is C13H14BrNO2. The number of hydrogen-bond donors (Lipinski definition) is 0. The number of Topliss-reactive ketones (excluding diaryl/α,β-unsaturated/α-hetero) is 1. The van der Waals surface area contributed by atoms with Gasteiger partial charge in [-0.3, -0.25) is 9.59 Å². The zero-order chi connectivity index (χ0) is 12.3. The van der Waals surface area contributed by atoms with Crippen molar-refractivity contribution in [3.63, 3.8) is 0 Å². The molecule has 0 radical (unpaired) electrons. The summed E-state index contributed by atoms with van der Waals surface area (Å²) in [6.07, 6.45) is 1.42. The second kappa shape index (κ2) is 5.45. The first-order chi connectivity index (χ1) is 8.15. The topological polar surface area (TPSA) is 37.4 Å². The number of ketones is 1. The van der Waals surface area contributed by atoms with Crippen molar-refractivity contribution in [3.05, 3.63) is 34.3 Å². The van der Waals surface area contributed by atoms with Crippen molar-refractivity contribution in [1.82, 2.24) is 4.90 Å². The molecule has 1 aliphatic heterocycles. The monoisotopic (exact) mass is 295 g/mol. The van der Waals surface area contributed by atoms with Gasteiger partial charge in [-0.05, 0) is 17.7 Å². The van der Waals surface area contributed by atoms with Crippen LogP contribution in [0.5, 0.6) is 0 Å². The van der Waals surface area contributed by atoms with Crippen molar-refractivity contribution in [3.8, 4) is 0 Å². The SMILES string of the molecule is O=C1CCN(C(=O)Cc2cccc(Br)c2)CC1. The van der Waals surface area contributed by atoms with E-state index in [0.717, 1.165) is 10.0 Å². The summed E-state index contributed by atoms with van der Waals surface area (Å²) in [5.74, 6) is 0.368. The highest BCUT2D eigenvalue weighted by Gasteiger charge is 2.20. The quantitative estimate of drug-likeness (QED) is 0.839. The van der Waals surface area contributed by atoms with Gasteiger partial charge in [-0.15, -0.1) is 0 Å². The van der Waals surface area contributed by atoms with Crippen molar-refractivity contribution in [1.29, 1.82) is 0 Å². The molecule has 1 saturated heterocycles. The van der Waals surface area contributed by atoms with Crippen LogP contribution < -0.4 is 0 Å². The summed E-state index contributed by atoms with van der Waals surface area (Å²) in [5, 5.41) is 0. The lowest BCUT2D eigenvalue weighted by atomic mass is 10.1. The van der Waals surface area contributed by atoms with E-state index in [0.29, 0.717) is 32.4 Å². The Hall–Kier alpha value is -1.16. The maximum absolute atomic E-state index is 12.0. The van der Waals surface area contributed by atoms with E-state index < -0.39 is 0 Å². The summed E-state index contributed by atoms with van der Waals surface area (Å²) >= 11 is 3.39. The molecule has 0 aliphatic carbocycles. The third kappa shape index (κ3) is 3.40. The molecule has 3 nitrogen and oxygen atoms in total. The average molecular weight is 296 g/mol. The highest BCUT2D eigenvalue weighted by molar-refractivity contribution is 9.10. The first-order valence-electron chi connectivity index (χ1n) is 5.69. The molecule has 1 fully saturated rings. The van der Waals surface area contributed by atoms with Crippen LogP contribution in [0, 0.1) is 0 Å². The highest BCUT2D eigenvalue weighted by atomic mass is 79.9. The van der Waals surface area contributed by atoms with E-state index >= 15 is 0 Å². The number of hydrogen-bond acceptors (Lipinski definition) is 2. The second-order valence-electron chi connectivity index (χ2n) is 4.23. The number of benzene rings is 1. The second-order valence-corrected chi connectivity index (χ2v) is 5.14. The van der Waals surface area contributed by atoms with Crippen molar-refractivity contribution in [2.24, 2.45) is 0 Å². The standard InChI is InChI=1S/C13H14BrNO2/c14-11-3-1-2-10(8-11)9-13(17)15-6-4-12(16)5-7-15/h1-3,8H,4-7,9H2. The number of halogens is 1. The summed E-state index contributed by atoms with van der Waals surface area (Å²) < 4.78 is 0.983. The number of rotatable bonds is 2. The average Bonchev–Trinajstić information content (AvgIpc) is 2.29. The molecule has 2 rings (SSSR count). The molecule has 1 heterocycles. The van der Waals surface area contributed by atoms with Crippen LogP contribution >= 0.6 is 15.9 Å². The largest absolute Gasteiger partial charge is 0.342 e. The van der Waals surface area contributed by atoms with Crippen LogP contribution in [0.3, 0.4) is 0 Å². The van der Waals surface area contributed by atoms with E-state index in [4.69, 9.17) is 0 Å². The number of carbonyl (C=O) groups is 2. The number of carbonyl (C=O) groups excluding carboxylic acids is 2. The van der Waals surface area contributed by atoms with Gasteiger partial charge < -0.3 is 4.90 Å². The van der Waals surface area contributed by atoms with Crippen LogP contribution in [0.4, 0.5) is 0 Å². The zero-order valence-corrected chi connectivity index (χ0v) is 11.1. The van der Waals surface area contributed by atoms with Crippen LogP contribution in [-0.4, -0.2) is 29.7 Å². The third-order valence-electron chi connectivity index (χ3n) is 2.92. The maximum atomic E-state index is 12.0. The Balaban J connectivity index is 1.95. The molecule has 4 heteroatoms. The van der Waals surface area contributed by atoms with Crippen LogP contribution in [0.15, 0.2) is 28.7 Å². The summed E-state index contributed by atoms with van der Waals surface area (Å²) in [4.78, 5) is 24.9. The first kappa shape index (κ1) is 12.3.